The van der Waals surface area contributed by atoms with E-state index in [4.69, 9.17) is 5.73 Å². The predicted molar refractivity (Wildman–Crippen MR) is 88.5 cm³/mol. The Labute approximate surface area is 126 Å². The standard InChI is InChI=1S/C16H23N5/c1-2-10-18-14-12-15(21-16(17)20-14)19-11-6-9-13-7-4-3-5-8-13/h3-5,7-8,12H,2,6,9-11H2,1H3,(H4,17,18,19,20,21). The minimum absolute atomic E-state index is 0.293. The summed E-state index contributed by atoms with van der Waals surface area (Å²) in [6.07, 6.45) is 3.14. The summed E-state index contributed by atoms with van der Waals surface area (Å²) in [7, 11) is 0. The van der Waals surface area contributed by atoms with Gasteiger partial charge in [0.05, 0.1) is 0 Å². The number of hydrogen-bond acceptors (Lipinski definition) is 5. The number of aromatic nitrogens is 2. The van der Waals surface area contributed by atoms with E-state index in [1.807, 2.05) is 12.1 Å². The molecule has 0 spiro atoms. The molecule has 0 unspecified atom stereocenters. The van der Waals surface area contributed by atoms with Crippen LogP contribution in [0.25, 0.3) is 0 Å². The summed E-state index contributed by atoms with van der Waals surface area (Å²) in [5.74, 6) is 1.84. The van der Waals surface area contributed by atoms with Crippen molar-refractivity contribution in [1.82, 2.24) is 9.97 Å². The molecular weight excluding hydrogens is 262 g/mol. The molecule has 0 atom stereocenters. The Morgan fingerprint density at radius 3 is 2.33 bits per heavy atom. The third-order valence-corrected chi connectivity index (χ3v) is 3.09. The summed E-state index contributed by atoms with van der Waals surface area (Å²) >= 11 is 0. The Morgan fingerprint density at radius 2 is 1.67 bits per heavy atom. The largest absolute Gasteiger partial charge is 0.370 e. The summed E-state index contributed by atoms with van der Waals surface area (Å²) in [5, 5.41) is 6.52. The van der Waals surface area contributed by atoms with Crippen LogP contribution in [0.4, 0.5) is 17.6 Å². The van der Waals surface area contributed by atoms with Crippen LogP contribution >= 0.6 is 0 Å². The van der Waals surface area contributed by atoms with E-state index in [-0.39, 0.29) is 0 Å². The first kappa shape index (κ1) is 15.1. The smallest absolute Gasteiger partial charge is 0.223 e. The molecule has 0 amide bonds. The van der Waals surface area contributed by atoms with Crippen LogP contribution in [0.3, 0.4) is 0 Å². The first-order chi connectivity index (χ1) is 10.3. The van der Waals surface area contributed by atoms with E-state index in [0.29, 0.717) is 5.95 Å². The number of anilines is 3. The highest BCUT2D eigenvalue weighted by Gasteiger charge is 2.01. The van der Waals surface area contributed by atoms with Crippen LogP contribution in [0.5, 0.6) is 0 Å². The molecule has 4 N–H and O–H groups in total. The van der Waals surface area contributed by atoms with Crippen molar-refractivity contribution in [3.05, 3.63) is 42.0 Å². The highest BCUT2D eigenvalue weighted by molar-refractivity contribution is 5.50. The Balaban J connectivity index is 1.81. The minimum atomic E-state index is 0.293. The third kappa shape index (κ3) is 5.30. The van der Waals surface area contributed by atoms with Crippen LogP contribution < -0.4 is 16.4 Å². The van der Waals surface area contributed by atoms with E-state index < -0.39 is 0 Å². The molecule has 0 fully saturated rings. The van der Waals surface area contributed by atoms with Crippen molar-refractivity contribution in [1.29, 1.82) is 0 Å². The van der Waals surface area contributed by atoms with E-state index in [2.05, 4.69) is 51.8 Å². The summed E-state index contributed by atoms with van der Waals surface area (Å²) in [6, 6.07) is 12.4. The number of nitrogen functional groups attached to an aromatic ring is 1. The van der Waals surface area contributed by atoms with Crippen LogP contribution in [0.1, 0.15) is 25.3 Å². The van der Waals surface area contributed by atoms with Crippen molar-refractivity contribution in [3.63, 3.8) is 0 Å². The molecule has 5 nitrogen and oxygen atoms in total. The third-order valence-electron chi connectivity index (χ3n) is 3.09. The maximum absolute atomic E-state index is 5.72. The molecule has 21 heavy (non-hydrogen) atoms. The van der Waals surface area contributed by atoms with Gasteiger partial charge in [-0.15, -0.1) is 0 Å². The van der Waals surface area contributed by atoms with Crippen LogP contribution in [0, 0.1) is 0 Å². The van der Waals surface area contributed by atoms with Crippen LogP contribution in [-0.4, -0.2) is 23.1 Å². The molecular formula is C16H23N5. The van der Waals surface area contributed by atoms with Gasteiger partial charge in [-0.25, -0.2) is 0 Å². The molecule has 1 heterocycles. The van der Waals surface area contributed by atoms with Crippen molar-refractivity contribution in [2.45, 2.75) is 26.2 Å². The van der Waals surface area contributed by atoms with Gasteiger partial charge in [0.1, 0.15) is 11.6 Å². The van der Waals surface area contributed by atoms with Crippen molar-refractivity contribution in [3.8, 4) is 0 Å². The molecule has 0 aliphatic heterocycles. The Hall–Kier alpha value is -2.30. The molecule has 5 heteroatoms. The molecule has 0 saturated heterocycles. The lowest BCUT2D eigenvalue weighted by molar-refractivity contribution is 0.858. The number of benzene rings is 1. The second kappa shape index (κ2) is 8.09. The highest BCUT2D eigenvalue weighted by Crippen LogP contribution is 2.12. The van der Waals surface area contributed by atoms with E-state index in [1.165, 1.54) is 5.56 Å². The summed E-state index contributed by atoms with van der Waals surface area (Å²) in [6.45, 7) is 3.85. The molecule has 0 saturated carbocycles. The van der Waals surface area contributed by atoms with Gasteiger partial charge < -0.3 is 16.4 Å². The first-order valence-corrected chi connectivity index (χ1v) is 7.44. The maximum atomic E-state index is 5.72. The normalized spacial score (nSPS) is 10.3. The van der Waals surface area contributed by atoms with E-state index in [9.17, 15) is 0 Å². The SMILES string of the molecule is CCCNc1cc(NCCCc2ccccc2)nc(N)n1. The molecule has 2 rings (SSSR count). The zero-order valence-corrected chi connectivity index (χ0v) is 12.5. The number of aryl methyl sites for hydroxylation is 1. The minimum Gasteiger partial charge on any atom is -0.370 e. The summed E-state index contributed by atoms with van der Waals surface area (Å²) < 4.78 is 0. The number of hydrogen-bond donors (Lipinski definition) is 3. The molecule has 1 aromatic carbocycles. The van der Waals surface area contributed by atoms with Gasteiger partial charge in [-0.05, 0) is 24.8 Å². The maximum Gasteiger partial charge on any atom is 0.223 e. The zero-order chi connectivity index (χ0) is 14.9. The molecule has 0 aliphatic carbocycles. The van der Waals surface area contributed by atoms with Crippen LogP contribution in [-0.2, 0) is 6.42 Å². The second-order valence-electron chi connectivity index (χ2n) is 4.94. The quantitative estimate of drug-likeness (QED) is 0.650. The lowest BCUT2D eigenvalue weighted by atomic mass is 10.1. The van der Waals surface area contributed by atoms with Gasteiger partial charge in [-0.1, -0.05) is 37.3 Å². The first-order valence-electron chi connectivity index (χ1n) is 7.44. The highest BCUT2D eigenvalue weighted by atomic mass is 15.1. The summed E-state index contributed by atoms with van der Waals surface area (Å²) in [5.41, 5.74) is 7.08. The van der Waals surface area contributed by atoms with Gasteiger partial charge in [0, 0.05) is 19.2 Å². The number of rotatable bonds is 8. The van der Waals surface area contributed by atoms with Crippen LogP contribution in [0.2, 0.25) is 0 Å². The van der Waals surface area contributed by atoms with Gasteiger partial charge in [0.25, 0.3) is 0 Å². The predicted octanol–water partition coefficient (Wildman–Crippen LogP) is 2.93. The Bertz CT molecular complexity index is 542. The van der Waals surface area contributed by atoms with E-state index in [0.717, 1.165) is 44.0 Å². The Morgan fingerprint density at radius 1 is 1.00 bits per heavy atom. The number of nitrogens with zero attached hydrogens (tertiary/aromatic N) is 2. The topological polar surface area (TPSA) is 75.9 Å². The van der Waals surface area contributed by atoms with Gasteiger partial charge in [0.15, 0.2) is 0 Å². The number of nitrogens with one attached hydrogen (secondary N) is 2. The van der Waals surface area contributed by atoms with Gasteiger partial charge in [0.2, 0.25) is 5.95 Å². The van der Waals surface area contributed by atoms with E-state index in [1.54, 1.807) is 0 Å². The second-order valence-corrected chi connectivity index (χ2v) is 4.94. The van der Waals surface area contributed by atoms with Crippen molar-refractivity contribution >= 4 is 17.6 Å². The molecule has 1 aromatic heterocycles. The number of nitrogens with two attached hydrogens (primary N) is 1. The van der Waals surface area contributed by atoms with Gasteiger partial charge in [-0.2, -0.15) is 9.97 Å². The fraction of sp³-hybridized carbons (Fsp3) is 0.375. The monoisotopic (exact) mass is 285 g/mol. The average Bonchev–Trinajstić information content (AvgIpc) is 2.50. The fourth-order valence-corrected chi connectivity index (χ4v) is 2.05. The average molecular weight is 285 g/mol. The fourth-order valence-electron chi connectivity index (χ4n) is 2.05. The Kier molecular flexibility index (Phi) is 5.82. The van der Waals surface area contributed by atoms with Crippen molar-refractivity contribution in [2.24, 2.45) is 0 Å². The molecule has 2 aromatic rings. The van der Waals surface area contributed by atoms with Crippen molar-refractivity contribution in [2.75, 3.05) is 29.5 Å². The lowest BCUT2D eigenvalue weighted by Crippen LogP contribution is -2.09. The molecule has 0 aliphatic rings. The lowest BCUT2D eigenvalue weighted by Gasteiger charge is -2.09. The van der Waals surface area contributed by atoms with Crippen LogP contribution in [0.15, 0.2) is 36.4 Å². The molecule has 0 radical (unpaired) electrons. The van der Waals surface area contributed by atoms with Crippen molar-refractivity contribution < 1.29 is 0 Å². The zero-order valence-electron chi connectivity index (χ0n) is 12.5. The van der Waals surface area contributed by atoms with Gasteiger partial charge in [-0.3, -0.25) is 0 Å². The molecule has 112 valence electrons. The van der Waals surface area contributed by atoms with Gasteiger partial charge >= 0.3 is 0 Å². The van der Waals surface area contributed by atoms with E-state index >= 15 is 0 Å². The summed E-state index contributed by atoms with van der Waals surface area (Å²) in [4.78, 5) is 8.36. The molecule has 0 bridgehead atoms.